The molecule has 0 spiro atoms. The van der Waals surface area contributed by atoms with Crippen molar-refractivity contribution < 1.29 is 14.3 Å². The Labute approximate surface area is 57.8 Å². The minimum Gasteiger partial charge on any atom is -0.453 e. The van der Waals surface area contributed by atoms with Gasteiger partial charge in [-0.25, -0.2) is 4.79 Å². The van der Waals surface area contributed by atoms with E-state index in [2.05, 4.69) is 10.1 Å². The van der Waals surface area contributed by atoms with E-state index >= 15 is 0 Å². The summed E-state index contributed by atoms with van der Waals surface area (Å²) in [5.74, 6) is -0.628. The lowest BCUT2D eigenvalue weighted by atomic mass is 10.6. The Morgan fingerprint density at radius 1 is 1.60 bits per heavy atom. The van der Waals surface area contributed by atoms with Crippen LogP contribution in [0.25, 0.3) is 0 Å². The summed E-state index contributed by atoms with van der Waals surface area (Å²) < 4.78 is 4.18. The maximum absolute atomic E-state index is 10.3. The van der Waals surface area contributed by atoms with Crippen molar-refractivity contribution in [3.05, 3.63) is 12.3 Å². The van der Waals surface area contributed by atoms with Crippen LogP contribution in [0.1, 0.15) is 0 Å². The number of hydrogen-bond donors (Lipinski definition) is 2. The number of primary amides is 1. The number of nitrogens with one attached hydrogen (secondary N) is 1. The summed E-state index contributed by atoms with van der Waals surface area (Å²) in [6, 6.07) is 0. The van der Waals surface area contributed by atoms with Crippen LogP contribution in [0.3, 0.4) is 0 Å². The second-order valence-electron chi connectivity index (χ2n) is 1.37. The zero-order valence-corrected chi connectivity index (χ0v) is 5.46. The molecule has 5 heteroatoms. The summed E-state index contributed by atoms with van der Waals surface area (Å²) in [5.41, 5.74) is 4.70. The van der Waals surface area contributed by atoms with Crippen LogP contribution >= 0.6 is 0 Å². The smallest absolute Gasteiger partial charge is 0.410 e. The number of methoxy groups -OCH3 is 1. The van der Waals surface area contributed by atoms with Crippen molar-refractivity contribution in [2.75, 3.05) is 7.11 Å². The van der Waals surface area contributed by atoms with Crippen molar-refractivity contribution >= 4 is 12.0 Å². The minimum absolute atomic E-state index is 0.628. The molecule has 0 aromatic rings. The summed E-state index contributed by atoms with van der Waals surface area (Å²) in [7, 11) is 1.22. The Hall–Kier alpha value is -1.52. The predicted molar refractivity (Wildman–Crippen MR) is 33.9 cm³/mol. The molecule has 56 valence electrons. The molecule has 2 amide bonds. The summed E-state index contributed by atoms with van der Waals surface area (Å²) >= 11 is 0. The number of ether oxygens (including phenoxy) is 1. The quantitative estimate of drug-likeness (QED) is 0.505. The molecule has 0 radical (unpaired) electrons. The van der Waals surface area contributed by atoms with Crippen molar-refractivity contribution in [1.82, 2.24) is 5.32 Å². The summed E-state index contributed by atoms with van der Waals surface area (Å²) in [4.78, 5) is 20.3. The predicted octanol–water partition coefficient (Wildman–Crippen LogP) is -0.659. The molecule has 0 unspecified atom stereocenters. The van der Waals surface area contributed by atoms with Gasteiger partial charge in [0, 0.05) is 12.3 Å². The number of hydrogen-bond acceptors (Lipinski definition) is 3. The van der Waals surface area contributed by atoms with Crippen molar-refractivity contribution in [2.45, 2.75) is 0 Å². The van der Waals surface area contributed by atoms with Gasteiger partial charge >= 0.3 is 6.09 Å². The third kappa shape index (κ3) is 4.63. The summed E-state index contributed by atoms with van der Waals surface area (Å²) in [5, 5.41) is 2.12. The zero-order chi connectivity index (χ0) is 7.98. The van der Waals surface area contributed by atoms with Gasteiger partial charge in [0.2, 0.25) is 5.91 Å². The molecular formula is C5H8N2O3. The first-order valence-electron chi connectivity index (χ1n) is 2.47. The molecule has 0 aliphatic rings. The van der Waals surface area contributed by atoms with Crippen molar-refractivity contribution in [3.8, 4) is 0 Å². The normalized spacial score (nSPS) is 9.30. The fraction of sp³-hybridized carbons (Fsp3) is 0.200. The maximum Gasteiger partial charge on any atom is 0.410 e. The van der Waals surface area contributed by atoms with Crippen molar-refractivity contribution in [3.63, 3.8) is 0 Å². The zero-order valence-electron chi connectivity index (χ0n) is 5.46. The summed E-state index contributed by atoms with van der Waals surface area (Å²) in [6.45, 7) is 0. The van der Waals surface area contributed by atoms with Crippen molar-refractivity contribution in [2.24, 2.45) is 5.73 Å². The standard InChI is InChI=1S/C5H8N2O3/c1-10-5(9)7-3-2-4(6)8/h2-3H,1H3,(H2,6,8)(H,7,9). The average Bonchev–Trinajstić information content (AvgIpc) is 1.87. The average molecular weight is 144 g/mol. The van der Waals surface area contributed by atoms with Crippen molar-refractivity contribution in [1.29, 1.82) is 0 Å². The highest BCUT2D eigenvalue weighted by Crippen LogP contribution is 1.70. The van der Waals surface area contributed by atoms with Gasteiger partial charge in [0.05, 0.1) is 7.11 Å². The van der Waals surface area contributed by atoms with Gasteiger partial charge in [-0.1, -0.05) is 0 Å². The Morgan fingerprint density at radius 3 is 2.60 bits per heavy atom. The highest BCUT2D eigenvalue weighted by Gasteiger charge is 1.90. The number of alkyl carbamates (subject to hydrolysis) is 1. The Morgan fingerprint density at radius 2 is 2.20 bits per heavy atom. The third-order valence-electron chi connectivity index (χ3n) is 0.634. The lowest BCUT2D eigenvalue weighted by Crippen LogP contribution is -2.17. The summed E-state index contributed by atoms with van der Waals surface area (Å²) in [6.07, 6.45) is 1.47. The Balaban J connectivity index is 3.53. The molecule has 0 aromatic heterocycles. The molecule has 0 aromatic carbocycles. The van der Waals surface area contributed by atoms with E-state index in [0.717, 1.165) is 12.3 Å². The van der Waals surface area contributed by atoms with E-state index in [1.54, 1.807) is 0 Å². The maximum atomic E-state index is 10.3. The number of carbonyl (C=O) groups is 2. The molecule has 0 aliphatic heterocycles. The molecule has 0 heterocycles. The second-order valence-corrected chi connectivity index (χ2v) is 1.37. The van der Waals surface area contributed by atoms with Gasteiger partial charge in [-0.05, 0) is 0 Å². The molecular weight excluding hydrogens is 136 g/mol. The number of nitrogens with two attached hydrogens (primary N) is 1. The topological polar surface area (TPSA) is 81.4 Å². The molecule has 0 saturated heterocycles. The number of amides is 2. The lowest BCUT2D eigenvalue weighted by molar-refractivity contribution is -0.113. The van der Waals surface area contributed by atoms with E-state index in [-0.39, 0.29) is 0 Å². The van der Waals surface area contributed by atoms with Gasteiger partial charge in [0.1, 0.15) is 0 Å². The van der Waals surface area contributed by atoms with Crippen LogP contribution in [0.15, 0.2) is 12.3 Å². The molecule has 0 fully saturated rings. The van der Waals surface area contributed by atoms with Crippen LogP contribution in [-0.4, -0.2) is 19.1 Å². The van der Waals surface area contributed by atoms with Gasteiger partial charge in [-0.3, -0.25) is 10.1 Å². The minimum atomic E-state index is -0.641. The second kappa shape index (κ2) is 4.37. The van der Waals surface area contributed by atoms with E-state index in [9.17, 15) is 9.59 Å². The highest BCUT2D eigenvalue weighted by atomic mass is 16.5. The van der Waals surface area contributed by atoms with Gasteiger partial charge in [0.15, 0.2) is 0 Å². The Bertz CT molecular complexity index is 164. The van der Waals surface area contributed by atoms with E-state index in [4.69, 9.17) is 5.73 Å². The van der Waals surface area contributed by atoms with Gasteiger partial charge in [-0.15, -0.1) is 0 Å². The van der Waals surface area contributed by atoms with Crippen LogP contribution in [-0.2, 0) is 9.53 Å². The first-order chi connectivity index (χ1) is 4.66. The molecule has 3 N–H and O–H groups in total. The molecule has 10 heavy (non-hydrogen) atoms. The van der Waals surface area contributed by atoms with Crippen LogP contribution in [0.2, 0.25) is 0 Å². The van der Waals surface area contributed by atoms with E-state index in [1.807, 2.05) is 0 Å². The monoisotopic (exact) mass is 144 g/mol. The van der Waals surface area contributed by atoms with Crippen LogP contribution < -0.4 is 11.1 Å². The number of carbonyl (C=O) groups excluding carboxylic acids is 2. The van der Waals surface area contributed by atoms with E-state index in [0.29, 0.717) is 0 Å². The van der Waals surface area contributed by atoms with Crippen LogP contribution in [0, 0.1) is 0 Å². The Kier molecular flexibility index (Phi) is 3.70. The number of rotatable bonds is 2. The lowest BCUT2D eigenvalue weighted by Gasteiger charge is -1.93. The van der Waals surface area contributed by atoms with Gasteiger partial charge in [0.25, 0.3) is 0 Å². The molecule has 0 saturated carbocycles. The molecule has 0 bridgehead atoms. The highest BCUT2D eigenvalue weighted by molar-refractivity contribution is 5.86. The molecule has 5 nitrogen and oxygen atoms in total. The van der Waals surface area contributed by atoms with Crippen LogP contribution in [0.4, 0.5) is 4.79 Å². The SMILES string of the molecule is COC(=O)NC=CC(N)=O. The first-order valence-corrected chi connectivity index (χ1v) is 2.47. The van der Waals surface area contributed by atoms with E-state index in [1.165, 1.54) is 7.11 Å². The molecule has 0 rings (SSSR count). The fourth-order valence-electron chi connectivity index (χ4n) is 0.251. The molecule has 0 aliphatic carbocycles. The van der Waals surface area contributed by atoms with Gasteiger partial charge < -0.3 is 10.5 Å². The van der Waals surface area contributed by atoms with Crippen LogP contribution in [0.5, 0.6) is 0 Å². The van der Waals surface area contributed by atoms with E-state index < -0.39 is 12.0 Å². The third-order valence-corrected chi connectivity index (χ3v) is 0.634. The molecule has 0 atom stereocenters. The first kappa shape index (κ1) is 8.48. The fourth-order valence-corrected chi connectivity index (χ4v) is 0.251. The van der Waals surface area contributed by atoms with Gasteiger partial charge in [-0.2, -0.15) is 0 Å². The largest absolute Gasteiger partial charge is 0.453 e.